The Kier molecular flexibility index (Phi) is 4.31. The van der Waals surface area contributed by atoms with E-state index in [9.17, 15) is 9.90 Å². The second-order valence-corrected chi connectivity index (χ2v) is 7.16. The van der Waals surface area contributed by atoms with Gasteiger partial charge in [-0.15, -0.1) is 5.48 Å². The number of carboxylic acids is 1. The molecule has 3 rings (SSSR count). The fourth-order valence-electron chi connectivity index (χ4n) is 3.22. The van der Waals surface area contributed by atoms with Crippen LogP contribution >= 0.6 is 0 Å². The molecule has 0 radical (unpaired) electrons. The Balaban J connectivity index is 1.60. The zero-order valence-corrected chi connectivity index (χ0v) is 14.0. The van der Waals surface area contributed by atoms with Gasteiger partial charge in [0.05, 0.1) is 5.41 Å². The predicted octanol–water partition coefficient (Wildman–Crippen LogP) is 1.62. The van der Waals surface area contributed by atoms with Gasteiger partial charge in [-0.2, -0.15) is 0 Å². The summed E-state index contributed by atoms with van der Waals surface area (Å²) >= 11 is 0. The van der Waals surface area contributed by atoms with Gasteiger partial charge in [0, 0.05) is 38.3 Å². The molecule has 0 aliphatic carbocycles. The maximum absolute atomic E-state index is 11.3. The molecule has 1 unspecified atom stereocenters. The Hall–Kier alpha value is -1.63. The van der Waals surface area contributed by atoms with Crippen LogP contribution in [-0.4, -0.2) is 53.6 Å². The van der Waals surface area contributed by atoms with E-state index < -0.39 is 11.4 Å². The van der Waals surface area contributed by atoms with Crippen molar-refractivity contribution in [2.24, 2.45) is 5.41 Å². The van der Waals surface area contributed by atoms with Crippen LogP contribution in [0, 0.1) is 12.3 Å². The first-order valence-electron chi connectivity index (χ1n) is 8.09. The van der Waals surface area contributed by atoms with Crippen molar-refractivity contribution < 1.29 is 14.7 Å². The molecule has 2 aliphatic rings. The molecule has 0 amide bonds. The van der Waals surface area contributed by atoms with E-state index in [1.807, 2.05) is 6.07 Å². The predicted molar refractivity (Wildman–Crippen MR) is 87.1 cm³/mol. The molecule has 2 N–H and O–H groups in total. The quantitative estimate of drug-likeness (QED) is 0.879. The minimum Gasteiger partial charge on any atom is -0.481 e. The molecule has 2 aliphatic heterocycles. The van der Waals surface area contributed by atoms with E-state index in [1.165, 1.54) is 11.1 Å². The van der Waals surface area contributed by atoms with Gasteiger partial charge in [-0.1, -0.05) is 12.1 Å². The van der Waals surface area contributed by atoms with Gasteiger partial charge in [0.25, 0.3) is 0 Å². The number of nitrogens with zero attached hydrogens (tertiary/aromatic N) is 2. The van der Waals surface area contributed by atoms with Gasteiger partial charge >= 0.3 is 5.97 Å². The van der Waals surface area contributed by atoms with Gasteiger partial charge in [-0.25, -0.2) is 0 Å². The number of hydroxylamine groups is 1. The van der Waals surface area contributed by atoms with Gasteiger partial charge in [0.15, 0.2) is 5.75 Å². The van der Waals surface area contributed by atoms with Gasteiger partial charge in [-0.3, -0.25) is 14.6 Å². The smallest absolute Gasteiger partial charge is 0.310 e. The summed E-state index contributed by atoms with van der Waals surface area (Å²) < 4.78 is 0. The Morgan fingerprint density at radius 2 is 2.04 bits per heavy atom. The summed E-state index contributed by atoms with van der Waals surface area (Å²) in [7, 11) is 0. The summed E-state index contributed by atoms with van der Waals surface area (Å²) in [6, 6.07) is 6.27. The second kappa shape index (κ2) is 6.11. The topological polar surface area (TPSA) is 65.0 Å². The zero-order valence-electron chi connectivity index (χ0n) is 14.0. The van der Waals surface area contributed by atoms with Crippen molar-refractivity contribution in [3.8, 4) is 5.75 Å². The molecule has 0 spiro atoms. The number of hydrogen-bond acceptors (Lipinski definition) is 5. The maximum Gasteiger partial charge on any atom is 0.310 e. The van der Waals surface area contributed by atoms with Crippen molar-refractivity contribution in [1.29, 1.82) is 0 Å². The average molecular weight is 319 g/mol. The molecule has 23 heavy (non-hydrogen) atoms. The SMILES string of the molecule is Cc1ccc2c(c1)ONC2N1CCN(CC(C)(C)C(=O)O)CC1. The van der Waals surface area contributed by atoms with Crippen LogP contribution in [0.3, 0.4) is 0 Å². The lowest BCUT2D eigenvalue weighted by Gasteiger charge is -2.39. The van der Waals surface area contributed by atoms with Crippen LogP contribution in [0.15, 0.2) is 18.2 Å². The Bertz CT molecular complexity index is 595. The molecule has 1 fully saturated rings. The number of fused-ring (bicyclic) bond motifs is 1. The molecular formula is C17H25N3O3. The van der Waals surface area contributed by atoms with E-state index in [4.69, 9.17) is 4.84 Å². The van der Waals surface area contributed by atoms with E-state index in [0.29, 0.717) is 6.54 Å². The van der Waals surface area contributed by atoms with E-state index >= 15 is 0 Å². The lowest BCUT2D eigenvalue weighted by molar-refractivity contribution is -0.148. The van der Waals surface area contributed by atoms with Crippen molar-refractivity contribution in [3.05, 3.63) is 29.3 Å². The zero-order chi connectivity index (χ0) is 16.6. The largest absolute Gasteiger partial charge is 0.481 e. The molecule has 1 aromatic rings. The van der Waals surface area contributed by atoms with Crippen LogP contribution in [0.25, 0.3) is 0 Å². The first kappa shape index (κ1) is 16.2. The lowest BCUT2D eigenvalue weighted by Crippen LogP contribution is -2.52. The van der Waals surface area contributed by atoms with Crippen LogP contribution in [0.5, 0.6) is 5.75 Å². The molecule has 126 valence electrons. The van der Waals surface area contributed by atoms with Crippen molar-refractivity contribution >= 4 is 5.97 Å². The monoisotopic (exact) mass is 319 g/mol. The molecule has 6 heteroatoms. The Morgan fingerprint density at radius 1 is 1.35 bits per heavy atom. The van der Waals surface area contributed by atoms with Crippen LogP contribution < -0.4 is 10.3 Å². The number of carbonyl (C=O) groups is 1. The summed E-state index contributed by atoms with van der Waals surface area (Å²) in [5, 5.41) is 9.26. The molecule has 2 heterocycles. The van der Waals surface area contributed by atoms with E-state index in [1.54, 1.807) is 13.8 Å². The van der Waals surface area contributed by atoms with E-state index in [2.05, 4.69) is 34.3 Å². The molecule has 1 aromatic carbocycles. The molecule has 6 nitrogen and oxygen atoms in total. The fraction of sp³-hybridized carbons (Fsp3) is 0.588. The highest BCUT2D eigenvalue weighted by molar-refractivity contribution is 5.73. The first-order chi connectivity index (χ1) is 10.9. The standard InChI is InChI=1S/C17H25N3O3/c1-12-4-5-13-14(10-12)23-18-15(13)20-8-6-19(7-9-20)11-17(2,3)16(21)22/h4-5,10,15,18H,6-9,11H2,1-3H3,(H,21,22). The van der Waals surface area contributed by atoms with Gasteiger partial charge in [-0.05, 0) is 32.4 Å². The number of rotatable bonds is 4. The summed E-state index contributed by atoms with van der Waals surface area (Å²) in [6.45, 7) is 9.74. The summed E-state index contributed by atoms with van der Waals surface area (Å²) in [4.78, 5) is 21.5. The molecule has 1 saturated heterocycles. The highest BCUT2D eigenvalue weighted by atomic mass is 16.7. The first-order valence-corrected chi connectivity index (χ1v) is 8.09. The third kappa shape index (κ3) is 3.34. The molecular weight excluding hydrogens is 294 g/mol. The minimum atomic E-state index is -0.741. The average Bonchev–Trinajstić information content (AvgIpc) is 2.90. The van der Waals surface area contributed by atoms with Crippen LogP contribution in [0.4, 0.5) is 0 Å². The van der Waals surface area contributed by atoms with Gasteiger partial charge < -0.3 is 9.94 Å². The van der Waals surface area contributed by atoms with E-state index in [-0.39, 0.29) is 6.17 Å². The molecule has 0 aromatic heterocycles. The van der Waals surface area contributed by atoms with Gasteiger partial charge in [0.2, 0.25) is 0 Å². The van der Waals surface area contributed by atoms with Crippen molar-refractivity contribution in [3.63, 3.8) is 0 Å². The third-order valence-electron chi connectivity index (χ3n) is 4.71. The summed E-state index contributed by atoms with van der Waals surface area (Å²) in [5.41, 5.74) is 4.77. The number of nitrogens with one attached hydrogen (secondary N) is 1. The number of hydrogen-bond donors (Lipinski definition) is 2. The minimum absolute atomic E-state index is 0.0835. The van der Waals surface area contributed by atoms with Crippen LogP contribution in [-0.2, 0) is 4.79 Å². The number of piperazine rings is 1. The van der Waals surface area contributed by atoms with Gasteiger partial charge in [0.1, 0.15) is 6.17 Å². The Morgan fingerprint density at radius 3 is 2.70 bits per heavy atom. The van der Waals surface area contributed by atoms with Crippen LogP contribution in [0.2, 0.25) is 0 Å². The normalized spacial score (nSPS) is 22.7. The molecule has 0 saturated carbocycles. The van der Waals surface area contributed by atoms with E-state index in [0.717, 1.165) is 31.9 Å². The summed E-state index contributed by atoms with van der Waals surface area (Å²) in [5.74, 6) is 0.166. The second-order valence-electron chi connectivity index (χ2n) is 7.16. The highest BCUT2D eigenvalue weighted by Gasteiger charge is 2.34. The molecule has 0 bridgehead atoms. The lowest BCUT2D eigenvalue weighted by atomic mass is 9.93. The number of carboxylic acid groups (broad SMARTS) is 1. The Labute approximate surface area is 137 Å². The van der Waals surface area contributed by atoms with Crippen LogP contribution in [0.1, 0.15) is 31.1 Å². The number of aliphatic carboxylic acids is 1. The third-order valence-corrected chi connectivity index (χ3v) is 4.71. The van der Waals surface area contributed by atoms with Crippen molar-refractivity contribution in [2.45, 2.75) is 26.9 Å². The van der Waals surface area contributed by atoms with Crippen molar-refractivity contribution in [1.82, 2.24) is 15.3 Å². The highest BCUT2D eigenvalue weighted by Crippen LogP contribution is 2.34. The number of benzene rings is 1. The molecule has 1 atom stereocenters. The van der Waals surface area contributed by atoms with Crippen molar-refractivity contribution in [2.75, 3.05) is 32.7 Å². The summed E-state index contributed by atoms with van der Waals surface area (Å²) in [6.07, 6.45) is 0.0835. The number of aryl methyl sites for hydroxylation is 1. The fourth-order valence-corrected chi connectivity index (χ4v) is 3.22. The maximum atomic E-state index is 11.3.